The van der Waals surface area contributed by atoms with Crippen LogP contribution in [0.2, 0.25) is 0 Å². The molecule has 10 heteroatoms. The third-order valence-corrected chi connectivity index (χ3v) is 3.91. The van der Waals surface area contributed by atoms with Crippen LogP contribution in [-0.2, 0) is 33.7 Å². The highest BCUT2D eigenvalue weighted by Gasteiger charge is 2.18. The van der Waals surface area contributed by atoms with Gasteiger partial charge in [0.15, 0.2) is 23.3 Å². The largest absolute Gasteiger partial charge is 0.469 e. The Hall–Kier alpha value is -2.98. The molecule has 0 atom stereocenters. The fraction of sp³-hybridized carbons (Fsp3) is 0.300. The summed E-state index contributed by atoms with van der Waals surface area (Å²) in [6.07, 6.45) is -0.120. The molecule has 0 saturated heterocycles. The first-order chi connectivity index (χ1) is 14.2. The number of methoxy groups -OCH3 is 2. The molecule has 0 bridgehead atoms. The highest BCUT2D eigenvalue weighted by atomic mass is 19.2. The first-order valence-electron chi connectivity index (χ1n) is 8.49. The summed E-state index contributed by atoms with van der Waals surface area (Å²) >= 11 is 0. The van der Waals surface area contributed by atoms with Gasteiger partial charge in [-0.15, -0.1) is 0 Å². The summed E-state index contributed by atoms with van der Waals surface area (Å²) in [6, 6.07) is 3.41. The number of esters is 2. The van der Waals surface area contributed by atoms with Crippen molar-refractivity contribution in [1.29, 1.82) is 0 Å². The fourth-order valence-electron chi connectivity index (χ4n) is 2.39. The predicted molar refractivity (Wildman–Crippen MR) is 96.5 cm³/mol. The van der Waals surface area contributed by atoms with Gasteiger partial charge >= 0.3 is 11.9 Å². The molecular formula is C20H20F4O6. The molecule has 30 heavy (non-hydrogen) atoms. The van der Waals surface area contributed by atoms with Crippen LogP contribution in [0.1, 0.15) is 27.0 Å². The van der Waals surface area contributed by atoms with Gasteiger partial charge in [0.05, 0.1) is 32.8 Å². The van der Waals surface area contributed by atoms with E-state index in [9.17, 15) is 27.2 Å². The molecule has 2 aromatic carbocycles. The lowest BCUT2D eigenvalue weighted by atomic mass is 10.0. The van der Waals surface area contributed by atoms with Crippen LogP contribution in [0.4, 0.5) is 17.6 Å². The normalized spacial score (nSPS) is 10.1. The number of aliphatic hydroxyl groups is 2. The second-order valence-electron chi connectivity index (χ2n) is 5.83. The van der Waals surface area contributed by atoms with E-state index in [4.69, 9.17) is 10.2 Å². The Labute approximate surface area is 169 Å². The third kappa shape index (κ3) is 6.82. The van der Waals surface area contributed by atoms with Crippen LogP contribution >= 0.6 is 0 Å². The van der Waals surface area contributed by atoms with Gasteiger partial charge in [-0.3, -0.25) is 4.79 Å². The first kappa shape index (κ1) is 25.1. The minimum absolute atomic E-state index is 0.0163. The molecule has 6 nitrogen and oxygen atoms in total. The lowest BCUT2D eigenvalue weighted by molar-refractivity contribution is -0.139. The monoisotopic (exact) mass is 432 g/mol. The van der Waals surface area contributed by atoms with Crippen molar-refractivity contribution in [1.82, 2.24) is 0 Å². The summed E-state index contributed by atoms with van der Waals surface area (Å²) < 4.78 is 60.1. The van der Waals surface area contributed by atoms with Gasteiger partial charge in [0.1, 0.15) is 0 Å². The second kappa shape index (κ2) is 11.9. The molecule has 0 spiro atoms. The van der Waals surface area contributed by atoms with Gasteiger partial charge in [0, 0.05) is 6.61 Å². The molecular weight excluding hydrogens is 412 g/mol. The Morgan fingerprint density at radius 1 is 0.800 bits per heavy atom. The highest BCUT2D eigenvalue weighted by Crippen LogP contribution is 2.17. The van der Waals surface area contributed by atoms with Gasteiger partial charge in [-0.05, 0) is 47.4 Å². The molecule has 0 fully saturated rings. The molecule has 0 heterocycles. The quantitative estimate of drug-likeness (QED) is 0.538. The van der Waals surface area contributed by atoms with Crippen LogP contribution in [0.3, 0.4) is 0 Å². The van der Waals surface area contributed by atoms with Gasteiger partial charge in [0.2, 0.25) is 0 Å². The summed E-state index contributed by atoms with van der Waals surface area (Å²) in [5, 5.41) is 17.4. The third-order valence-electron chi connectivity index (χ3n) is 3.91. The lowest BCUT2D eigenvalue weighted by Crippen LogP contribution is -2.12. The number of ether oxygens (including phenoxy) is 2. The van der Waals surface area contributed by atoms with Crippen molar-refractivity contribution >= 4 is 11.9 Å². The molecule has 0 aromatic heterocycles. The van der Waals surface area contributed by atoms with E-state index in [-0.39, 0.29) is 37.2 Å². The van der Waals surface area contributed by atoms with Crippen LogP contribution < -0.4 is 0 Å². The van der Waals surface area contributed by atoms with Crippen LogP contribution in [0.15, 0.2) is 24.3 Å². The molecule has 0 aliphatic rings. The maximum atomic E-state index is 13.0. The van der Waals surface area contributed by atoms with Crippen molar-refractivity contribution in [2.75, 3.05) is 20.8 Å². The molecule has 0 aliphatic heterocycles. The van der Waals surface area contributed by atoms with Gasteiger partial charge in [-0.25, -0.2) is 22.4 Å². The summed E-state index contributed by atoms with van der Waals surface area (Å²) in [6.45, 7) is -0.509. The van der Waals surface area contributed by atoms with Crippen LogP contribution in [0, 0.1) is 23.3 Å². The summed E-state index contributed by atoms with van der Waals surface area (Å²) in [4.78, 5) is 22.4. The number of rotatable bonds is 6. The number of aliphatic hydroxyl groups excluding tert-OH is 2. The average molecular weight is 432 g/mol. The zero-order valence-corrected chi connectivity index (χ0v) is 16.2. The van der Waals surface area contributed by atoms with Crippen molar-refractivity contribution in [2.45, 2.75) is 19.4 Å². The van der Waals surface area contributed by atoms with E-state index in [1.807, 2.05) is 0 Å². The van der Waals surface area contributed by atoms with E-state index >= 15 is 0 Å². The Morgan fingerprint density at radius 3 is 1.77 bits per heavy atom. The topological polar surface area (TPSA) is 93.1 Å². The first-order valence-corrected chi connectivity index (χ1v) is 8.49. The maximum Gasteiger partial charge on any atom is 0.338 e. The Bertz CT molecular complexity index is 901. The number of carbonyl (C=O) groups is 2. The van der Waals surface area contributed by atoms with E-state index < -0.39 is 35.2 Å². The van der Waals surface area contributed by atoms with Crippen molar-refractivity contribution in [2.24, 2.45) is 0 Å². The van der Waals surface area contributed by atoms with Gasteiger partial charge in [-0.2, -0.15) is 0 Å². The summed E-state index contributed by atoms with van der Waals surface area (Å²) in [5.74, 6) is -5.77. The Kier molecular flexibility index (Phi) is 9.93. The standard InChI is InChI=1S/C11H10F2O4.C9H10F2O2/c1-16-10(14)4-6-3-8(12)9(13)5-7(6)11(15)17-2;10-8-3-6(1-2-12)7(5-13)4-9(8)11/h3,5H,4H2,1-2H3;3-4,12-13H,1-2,5H2. The molecule has 164 valence electrons. The molecule has 0 saturated carbocycles. The number of hydrogen-bond donors (Lipinski definition) is 2. The molecule has 0 aliphatic carbocycles. The summed E-state index contributed by atoms with van der Waals surface area (Å²) in [5.41, 5.74) is 0.566. The fourth-order valence-corrected chi connectivity index (χ4v) is 2.39. The Morgan fingerprint density at radius 2 is 1.30 bits per heavy atom. The molecule has 2 rings (SSSR count). The predicted octanol–water partition coefficient (Wildman–Crippen LogP) is 2.46. The lowest BCUT2D eigenvalue weighted by Gasteiger charge is -2.07. The zero-order chi connectivity index (χ0) is 22.8. The molecule has 0 amide bonds. The van der Waals surface area contributed by atoms with Crippen LogP contribution in [-0.4, -0.2) is 43.0 Å². The maximum absolute atomic E-state index is 13.0. The van der Waals surface area contributed by atoms with E-state index in [1.54, 1.807) is 0 Å². The second-order valence-corrected chi connectivity index (χ2v) is 5.83. The van der Waals surface area contributed by atoms with Gasteiger partial charge in [0.25, 0.3) is 0 Å². The average Bonchev–Trinajstić information content (AvgIpc) is 2.73. The molecule has 0 radical (unpaired) electrons. The number of halogens is 4. The van der Waals surface area contributed by atoms with Crippen LogP contribution in [0.5, 0.6) is 0 Å². The van der Waals surface area contributed by atoms with Crippen molar-refractivity contribution < 1.29 is 46.8 Å². The van der Waals surface area contributed by atoms with E-state index in [0.717, 1.165) is 32.4 Å². The minimum atomic E-state index is -1.18. The molecule has 0 unspecified atom stereocenters. The van der Waals surface area contributed by atoms with Crippen molar-refractivity contribution in [3.05, 3.63) is 69.8 Å². The van der Waals surface area contributed by atoms with Crippen LogP contribution in [0.25, 0.3) is 0 Å². The van der Waals surface area contributed by atoms with Gasteiger partial charge in [-0.1, -0.05) is 0 Å². The van der Waals surface area contributed by atoms with Crippen molar-refractivity contribution in [3.63, 3.8) is 0 Å². The van der Waals surface area contributed by atoms with Crippen molar-refractivity contribution in [3.8, 4) is 0 Å². The zero-order valence-electron chi connectivity index (χ0n) is 16.2. The highest BCUT2D eigenvalue weighted by molar-refractivity contribution is 5.92. The Balaban J connectivity index is 0.000000311. The summed E-state index contributed by atoms with van der Waals surface area (Å²) in [7, 11) is 2.26. The van der Waals surface area contributed by atoms with E-state index in [1.165, 1.54) is 0 Å². The molecule has 2 aromatic rings. The number of carbonyl (C=O) groups excluding carboxylic acids is 2. The molecule has 2 N–H and O–H groups in total. The van der Waals surface area contributed by atoms with E-state index in [2.05, 4.69) is 9.47 Å². The number of hydrogen-bond acceptors (Lipinski definition) is 6. The minimum Gasteiger partial charge on any atom is -0.469 e. The van der Waals surface area contributed by atoms with E-state index in [0.29, 0.717) is 17.2 Å². The van der Waals surface area contributed by atoms with Gasteiger partial charge < -0.3 is 19.7 Å². The SMILES string of the molecule is COC(=O)Cc1cc(F)c(F)cc1C(=O)OC.OCCc1cc(F)c(F)cc1CO. The smallest absolute Gasteiger partial charge is 0.338 e. The number of benzene rings is 2.